The summed E-state index contributed by atoms with van der Waals surface area (Å²) in [7, 11) is 3.39. The predicted octanol–water partition coefficient (Wildman–Crippen LogP) is 2.03. The fourth-order valence-corrected chi connectivity index (χ4v) is 2.31. The summed E-state index contributed by atoms with van der Waals surface area (Å²) in [6.07, 6.45) is 1.26. The zero-order chi connectivity index (χ0) is 17.4. The molecule has 2 unspecified atom stereocenters. The fourth-order valence-electron chi connectivity index (χ4n) is 2.31. The maximum Gasteiger partial charge on any atom is 0.315 e. The van der Waals surface area contributed by atoms with Crippen LogP contribution in [0.25, 0.3) is 0 Å². The van der Waals surface area contributed by atoms with E-state index in [1.807, 2.05) is 6.92 Å². The number of carbonyl (C=O) groups is 1. The fraction of sp³-hybridized carbons (Fsp3) is 0.562. The Balaban J connectivity index is 2.66. The van der Waals surface area contributed by atoms with Gasteiger partial charge < -0.3 is 20.6 Å². The molecule has 130 valence electrons. The van der Waals surface area contributed by atoms with Crippen molar-refractivity contribution >= 4 is 6.03 Å². The largest absolute Gasteiger partial charge is 0.396 e. The van der Waals surface area contributed by atoms with Crippen molar-refractivity contribution in [3.05, 3.63) is 35.4 Å². The van der Waals surface area contributed by atoms with Gasteiger partial charge in [-0.05, 0) is 46.0 Å². The third kappa shape index (κ3) is 6.11. The summed E-state index contributed by atoms with van der Waals surface area (Å²) >= 11 is 0. The van der Waals surface area contributed by atoms with Crippen LogP contribution in [0, 0.1) is 11.6 Å². The molecule has 2 atom stereocenters. The number of carbonyl (C=O) groups excluding carboxylic acids is 1. The van der Waals surface area contributed by atoms with E-state index in [0.717, 1.165) is 0 Å². The van der Waals surface area contributed by atoms with Gasteiger partial charge in [0.1, 0.15) is 11.6 Å². The van der Waals surface area contributed by atoms with Crippen LogP contribution < -0.4 is 10.6 Å². The van der Waals surface area contributed by atoms with E-state index in [2.05, 4.69) is 10.6 Å². The molecule has 0 saturated carbocycles. The molecule has 23 heavy (non-hydrogen) atoms. The van der Waals surface area contributed by atoms with Gasteiger partial charge in [0.05, 0.1) is 6.04 Å². The molecule has 0 aliphatic heterocycles. The second-order valence-electron chi connectivity index (χ2n) is 5.74. The molecule has 0 aromatic heterocycles. The Morgan fingerprint density at radius 1 is 1.30 bits per heavy atom. The molecule has 2 amide bonds. The van der Waals surface area contributed by atoms with Crippen molar-refractivity contribution in [2.75, 3.05) is 27.2 Å². The number of benzene rings is 1. The van der Waals surface area contributed by atoms with Crippen LogP contribution >= 0.6 is 0 Å². The number of aliphatic hydroxyl groups excluding tert-OH is 1. The quantitative estimate of drug-likeness (QED) is 0.684. The first-order valence-electron chi connectivity index (χ1n) is 7.62. The van der Waals surface area contributed by atoms with Gasteiger partial charge in [-0.3, -0.25) is 0 Å². The number of halogens is 2. The van der Waals surface area contributed by atoms with E-state index in [9.17, 15) is 13.6 Å². The van der Waals surface area contributed by atoms with E-state index in [0.29, 0.717) is 12.8 Å². The number of hydrogen-bond donors (Lipinski definition) is 3. The highest BCUT2D eigenvalue weighted by molar-refractivity contribution is 5.74. The summed E-state index contributed by atoms with van der Waals surface area (Å²) in [5.41, 5.74) is -0.0638. The lowest BCUT2D eigenvalue weighted by atomic mass is 10.0. The zero-order valence-electron chi connectivity index (χ0n) is 13.8. The molecule has 0 aliphatic carbocycles. The lowest BCUT2D eigenvalue weighted by Gasteiger charge is -2.26. The van der Waals surface area contributed by atoms with E-state index >= 15 is 0 Å². The third-order valence-corrected chi connectivity index (χ3v) is 3.58. The molecule has 0 fully saturated rings. The number of aliphatic hydroxyl groups is 1. The van der Waals surface area contributed by atoms with E-state index in [1.165, 1.54) is 18.2 Å². The van der Waals surface area contributed by atoms with Crippen LogP contribution in [0.3, 0.4) is 0 Å². The number of hydrogen-bond acceptors (Lipinski definition) is 3. The van der Waals surface area contributed by atoms with E-state index in [-0.39, 0.29) is 24.8 Å². The van der Waals surface area contributed by atoms with E-state index in [1.54, 1.807) is 19.0 Å². The van der Waals surface area contributed by atoms with Crippen molar-refractivity contribution in [3.8, 4) is 0 Å². The molecule has 0 bridgehead atoms. The number of nitrogens with zero attached hydrogens (tertiary/aromatic N) is 1. The minimum absolute atomic E-state index is 0.0638. The highest BCUT2D eigenvalue weighted by Gasteiger charge is 2.22. The molecule has 0 radical (unpaired) electrons. The van der Waals surface area contributed by atoms with Crippen molar-refractivity contribution in [1.82, 2.24) is 15.5 Å². The van der Waals surface area contributed by atoms with Gasteiger partial charge in [0, 0.05) is 24.8 Å². The Morgan fingerprint density at radius 3 is 2.43 bits per heavy atom. The first-order chi connectivity index (χ1) is 10.9. The van der Waals surface area contributed by atoms with Crippen molar-refractivity contribution in [2.45, 2.75) is 31.8 Å². The molecule has 7 heteroatoms. The van der Waals surface area contributed by atoms with E-state index < -0.39 is 23.7 Å². The lowest BCUT2D eigenvalue weighted by molar-refractivity contribution is 0.225. The summed E-state index contributed by atoms with van der Waals surface area (Å²) in [4.78, 5) is 13.5. The van der Waals surface area contributed by atoms with Crippen LogP contribution in [0.15, 0.2) is 18.2 Å². The Hall–Kier alpha value is -1.73. The molecule has 0 saturated heterocycles. The normalized spacial score (nSPS) is 13.7. The van der Waals surface area contributed by atoms with Crippen molar-refractivity contribution < 1.29 is 18.7 Å². The second kappa shape index (κ2) is 9.42. The second-order valence-corrected chi connectivity index (χ2v) is 5.74. The van der Waals surface area contributed by atoms with Gasteiger partial charge in [-0.2, -0.15) is 0 Å². The third-order valence-electron chi connectivity index (χ3n) is 3.58. The summed E-state index contributed by atoms with van der Waals surface area (Å²) in [6, 6.07) is 2.60. The predicted molar refractivity (Wildman–Crippen MR) is 85.1 cm³/mol. The Bertz CT molecular complexity index is 492. The van der Waals surface area contributed by atoms with Gasteiger partial charge in [-0.1, -0.05) is 6.07 Å². The summed E-state index contributed by atoms with van der Waals surface area (Å²) in [6.45, 7) is 1.97. The highest BCUT2D eigenvalue weighted by Crippen LogP contribution is 2.23. The maximum atomic E-state index is 13.9. The number of likely N-dealkylation sites (N-methyl/N-ethyl adjacent to an activating group) is 1. The van der Waals surface area contributed by atoms with Crippen LogP contribution in [0.4, 0.5) is 13.6 Å². The van der Waals surface area contributed by atoms with E-state index in [4.69, 9.17) is 5.11 Å². The minimum Gasteiger partial charge on any atom is -0.396 e. The SMILES string of the molecule is CC(CCCO)NC(=O)NCC(c1c(F)cccc1F)N(C)C. The van der Waals surface area contributed by atoms with Crippen LogP contribution in [0.1, 0.15) is 31.4 Å². The average Bonchev–Trinajstić information content (AvgIpc) is 2.47. The smallest absolute Gasteiger partial charge is 0.315 e. The topological polar surface area (TPSA) is 64.6 Å². The molecule has 1 aromatic carbocycles. The standard InChI is InChI=1S/C16H25F2N3O2/c1-11(6-5-9-22)20-16(23)19-10-14(21(2)3)15-12(17)7-4-8-13(15)18/h4,7-8,11,14,22H,5-6,9-10H2,1-3H3,(H2,19,20,23). The van der Waals surface area contributed by atoms with Gasteiger partial charge >= 0.3 is 6.03 Å². The zero-order valence-corrected chi connectivity index (χ0v) is 13.8. The van der Waals surface area contributed by atoms with Gasteiger partial charge in [-0.15, -0.1) is 0 Å². The first kappa shape index (κ1) is 19.3. The summed E-state index contributed by atoms with van der Waals surface area (Å²) < 4.78 is 27.8. The number of amides is 2. The Kier molecular flexibility index (Phi) is 7.91. The van der Waals surface area contributed by atoms with Crippen LogP contribution in [-0.4, -0.2) is 49.3 Å². The van der Waals surface area contributed by atoms with Gasteiger partial charge in [0.25, 0.3) is 0 Å². The molecule has 1 aromatic rings. The molecule has 0 aliphatic rings. The summed E-state index contributed by atoms with van der Waals surface area (Å²) in [5, 5.41) is 14.1. The molecule has 5 nitrogen and oxygen atoms in total. The highest BCUT2D eigenvalue weighted by atomic mass is 19.1. The monoisotopic (exact) mass is 329 g/mol. The lowest BCUT2D eigenvalue weighted by Crippen LogP contribution is -2.44. The van der Waals surface area contributed by atoms with Crippen molar-refractivity contribution in [1.29, 1.82) is 0 Å². The molecule has 3 N–H and O–H groups in total. The number of urea groups is 1. The van der Waals surface area contributed by atoms with Crippen molar-refractivity contribution in [3.63, 3.8) is 0 Å². The molecular formula is C16H25F2N3O2. The molecule has 0 heterocycles. The maximum absolute atomic E-state index is 13.9. The molecule has 0 spiro atoms. The van der Waals surface area contributed by atoms with Crippen LogP contribution in [-0.2, 0) is 0 Å². The van der Waals surface area contributed by atoms with Gasteiger partial charge in [-0.25, -0.2) is 13.6 Å². The Labute approximate surface area is 135 Å². The van der Waals surface area contributed by atoms with Gasteiger partial charge in [0.15, 0.2) is 0 Å². The number of nitrogens with one attached hydrogen (secondary N) is 2. The van der Waals surface area contributed by atoms with Gasteiger partial charge in [0.2, 0.25) is 0 Å². The number of rotatable bonds is 8. The van der Waals surface area contributed by atoms with Crippen LogP contribution in [0.5, 0.6) is 0 Å². The summed E-state index contributed by atoms with van der Waals surface area (Å²) in [5.74, 6) is -1.27. The van der Waals surface area contributed by atoms with Crippen molar-refractivity contribution in [2.24, 2.45) is 0 Å². The molecular weight excluding hydrogens is 304 g/mol. The Morgan fingerprint density at radius 2 is 1.91 bits per heavy atom. The first-order valence-corrected chi connectivity index (χ1v) is 7.62. The average molecular weight is 329 g/mol. The molecule has 1 rings (SSSR count). The minimum atomic E-state index is -0.637. The van der Waals surface area contributed by atoms with Crippen LogP contribution in [0.2, 0.25) is 0 Å².